The Morgan fingerprint density at radius 1 is 1.52 bits per heavy atom. The molecule has 3 heterocycles. The zero-order valence-corrected chi connectivity index (χ0v) is 12.2. The van der Waals surface area contributed by atoms with Gasteiger partial charge in [-0.05, 0) is 26.0 Å². The molecule has 1 fully saturated rings. The molecule has 1 N–H and O–H groups in total. The fourth-order valence-corrected chi connectivity index (χ4v) is 2.82. The molecule has 112 valence electrons. The van der Waals surface area contributed by atoms with Crippen molar-refractivity contribution in [3.8, 4) is 0 Å². The average Bonchev–Trinajstić information content (AvgIpc) is 2.88. The van der Waals surface area contributed by atoms with E-state index in [4.69, 9.17) is 4.74 Å². The monoisotopic (exact) mass is 289 g/mol. The number of ether oxygens (including phenoxy) is 1. The van der Waals surface area contributed by atoms with E-state index in [0.717, 1.165) is 5.52 Å². The molecule has 1 saturated heterocycles. The molecule has 1 aliphatic rings. The number of fused-ring (bicyclic) bond motifs is 1. The first kappa shape index (κ1) is 14.0. The van der Waals surface area contributed by atoms with Crippen LogP contribution in [0, 0.1) is 0 Å². The van der Waals surface area contributed by atoms with Crippen molar-refractivity contribution in [2.24, 2.45) is 0 Å². The standard InChI is InChI=1S/C15H19N3O3/c1-15(2)10-17(8-11(9-19)21-15)14(20)12-7-16-18-6-4-3-5-13(12)18/h3-7,11,19H,8-10H2,1-2H3. The number of aliphatic hydroxyl groups excluding tert-OH is 1. The van der Waals surface area contributed by atoms with E-state index in [1.54, 1.807) is 15.6 Å². The molecule has 1 atom stereocenters. The number of nitrogens with zero attached hydrogens (tertiary/aromatic N) is 3. The van der Waals surface area contributed by atoms with E-state index in [-0.39, 0.29) is 18.6 Å². The highest BCUT2D eigenvalue weighted by Gasteiger charge is 2.36. The Kier molecular flexibility index (Phi) is 3.43. The zero-order valence-electron chi connectivity index (χ0n) is 12.2. The van der Waals surface area contributed by atoms with E-state index in [0.29, 0.717) is 18.7 Å². The number of aliphatic hydroxyl groups is 1. The summed E-state index contributed by atoms with van der Waals surface area (Å²) < 4.78 is 7.43. The lowest BCUT2D eigenvalue weighted by Crippen LogP contribution is -2.55. The Morgan fingerprint density at radius 2 is 2.33 bits per heavy atom. The lowest BCUT2D eigenvalue weighted by atomic mass is 10.0. The largest absolute Gasteiger partial charge is 0.394 e. The Morgan fingerprint density at radius 3 is 3.10 bits per heavy atom. The molecule has 1 unspecified atom stereocenters. The highest BCUT2D eigenvalue weighted by Crippen LogP contribution is 2.23. The van der Waals surface area contributed by atoms with Crippen molar-refractivity contribution >= 4 is 11.4 Å². The highest BCUT2D eigenvalue weighted by molar-refractivity contribution is 6.00. The number of aromatic nitrogens is 2. The van der Waals surface area contributed by atoms with Gasteiger partial charge < -0.3 is 14.7 Å². The first-order valence-electron chi connectivity index (χ1n) is 7.00. The van der Waals surface area contributed by atoms with Crippen molar-refractivity contribution in [1.29, 1.82) is 0 Å². The molecule has 0 aliphatic carbocycles. The molecule has 1 amide bonds. The molecule has 2 aromatic heterocycles. The maximum Gasteiger partial charge on any atom is 0.257 e. The third-order valence-corrected chi connectivity index (χ3v) is 3.63. The summed E-state index contributed by atoms with van der Waals surface area (Å²) in [5.41, 5.74) is 0.891. The van der Waals surface area contributed by atoms with Crippen LogP contribution >= 0.6 is 0 Å². The van der Waals surface area contributed by atoms with Gasteiger partial charge in [-0.25, -0.2) is 4.52 Å². The molecule has 0 radical (unpaired) electrons. The van der Waals surface area contributed by atoms with Gasteiger partial charge in [0, 0.05) is 19.3 Å². The second kappa shape index (κ2) is 5.13. The van der Waals surface area contributed by atoms with Gasteiger partial charge in [0.05, 0.1) is 35.6 Å². The number of morpholine rings is 1. The normalized spacial score (nSPS) is 21.7. The van der Waals surface area contributed by atoms with E-state index >= 15 is 0 Å². The first-order valence-corrected chi connectivity index (χ1v) is 7.00. The molecule has 0 saturated carbocycles. The summed E-state index contributed by atoms with van der Waals surface area (Å²) in [6.45, 7) is 4.63. The average molecular weight is 289 g/mol. The minimum absolute atomic E-state index is 0.0778. The molecular weight excluding hydrogens is 270 g/mol. The number of carbonyl (C=O) groups excluding carboxylic acids is 1. The summed E-state index contributed by atoms with van der Waals surface area (Å²) in [7, 11) is 0. The summed E-state index contributed by atoms with van der Waals surface area (Å²) in [6, 6.07) is 5.62. The maximum atomic E-state index is 12.8. The smallest absolute Gasteiger partial charge is 0.257 e. The van der Waals surface area contributed by atoms with Crippen molar-refractivity contribution in [1.82, 2.24) is 14.5 Å². The Bertz CT molecular complexity index is 665. The van der Waals surface area contributed by atoms with Gasteiger partial charge in [-0.3, -0.25) is 4.79 Å². The van der Waals surface area contributed by atoms with E-state index in [1.165, 1.54) is 0 Å². The van der Waals surface area contributed by atoms with E-state index in [9.17, 15) is 9.90 Å². The van der Waals surface area contributed by atoms with Crippen LogP contribution in [-0.4, -0.2) is 56.9 Å². The zero-order chi connectivity index (χ0) is 15.0. The number of amides is 1. The topological polar surface area (TPSA) is 67.1 Å². The van der Waals surface area contributed by atoms with Crippen molar-refractivity contribution in [2.45, 2.75) is 25.6 Å². The summed E-state index contributed by atoms with van der Waals surface area (Å²) in [6.07, 6.45) is 3.06. The third kappa shape index (κ3) is 2.64. The van der Waals surface area contributed by atoms with Gasteiger partial charge in [0.2, 0.25) is 0 Å². The minimum atomic E-state index is -0.468. The number of pyridine rings is 1. The Labute approximate surface area is 122 Å². The fourth-order valence-electron chi connectivity index (χ4n) is 2.82. The van der Waals surface area contributed by atoms with E-state index in [1.807, 2.05) is 38.2 Å². The van der Waals surface area contributed by atoms with Gasteiger partial charge in [0.1, 0.15) is 0 Å². The van der Waals surface area contributed by atoms with Crippen molar-refractivity contribution in [3.05, 3.63) is 36.2 Å². The second-order valence-corrected chi connectivity index (χ2v) is 5.96. The Hall–Kier alpha value is -1.92. The van der Waals surface area contributed by atoms with Crippen LogP contribution < -0.4 is 0 Å². The molecular formula is C15H19N3O3. The van der Waals surface area contributed by atoms with Crippen LogP contribution in [-0.2, 0) is 4.74 Å². The number of carbonyl (C=O) groups is 1. The Balaban J connectivity index is 1.90. The molecule has 6 heteroatoms. The highest BCUT2D eigenvalue weighted by atomic mass is 16.5. The molecule has 0 spiro atoms. The van der Waals surface area contributed by atoms with Crippen LogP contribution in [0.3, 0.4) is 0 Å². The number of rotatable bonds is 2. The van der Waals surface area contributed by atoms with Gasteiger partial charge in [-0.2, -0.15) is 5.10 Å². The summed E-state index contributed by atoms with van der Waals surface area (Å²) >= 11 is 0. The predicted octanol–water partition coefficient (Wildman–Crippen LogP) is 0.946. The molecule has 6 nitrogen and oxygen atoms in total. The number of hydrogen-bond acceptors (Lipinski definition) is 4. The van der Waals surface area contributed by atoms with E-state index in [2.05, 4.69) is 5.10 Å². The van der Waals surface area contributed by atoms with E-state index < -0.39 is 5.60 Å². The lowest BCUT2D eigenvalue weighted by molar-refractivity contribution is -0.139. The van der Waals surface area contributed by atoms with Crippen LogP contribution in [0.4, 0.5) is 0 Å². The maximum absolute atomic E-state index is 12.8. The predicted molar refractivity (Wildman–Crippen MR) is 77.1 cm³/mol. The van der Waals surface area contributed by atoms with Crippen molar-refractivity contribution < 1.29 is 14.6 Å². The van der Waals surface area contributed by atoms with Gasteiger partial charge in [0.15, 0.2) is 0 Å². The van der Waals surface area contributed by atoms with Crippen LogP contribution in [0.15, 0.2) is 30.6 Å². The van der Waals surface area contributed by atoms with Crippen LogP contribution in [0.25, 0.3) is 5.52 Å². The molecule has 0 bridgehead atoms. The third-order valence-electron chi connectivity index (χ3n) is 3.63. The summed E-state index contributed by atoms with van der Waals surface area (Å²) in [5, 5.41) is 13.5. The SMILES string of the molecule is CC1(C)CN(C(=O)c2cnn3ccccc23)CC(CO)O1. The van der Waals surface area contributed by atoms with Gasteiger partial charge in [0.25, 0.3) is 5.91 Å². The van der Waals surface area contributed by atoms with Gasteiger partial charge in [-0.1, -0.05) is 6.07 Å². The van der Waals surface area contributed by atoms with Crippen LogP contribution in [0.1, 0.15) is 24.2 Å². The van der Waals surface area contributed by atoms with Crippen molar-refractivity contribution in [2.75, 3.05) is 19.7 Å². The molecule has 0 aromatic carbocycles. The number of hydrogen-bond donors (Lipinski definition) is 1. The lowest BCUT2D eigenvalue weighted by Gasteiger charge is -2.42. The molecule has 21 heavy (non-hydrogen) atoms. The molecule has 3 rings (SSSR count). The molecule has 2 aromatic rings. The first-order chi connectivity index (χ1) is 10.00. The van der Waals surface area contributed by atoms with Crippen LogP contribution in [0.5, 0.6) is 0 Å². The summed E-state index contributed by atoms with van der Waals surface area (Å²) in [4.78, 5) is 14.5. The summed E-state index contributed by atoms with van der Waals surface area (Å²) in [5.74, 6) is -0.0778. The quantitative estimate of drug-likeness (QED) is 0.893. The van der Waals surface area contributed by atoms with Gasteiger partial charge >= 0.3 is 0 Å². The van der Waals surface area contributed by atoms with Gasteiger partial charge in [-0.15, -0.1) is 0 Å². The minimum Gasteiger partial charge on any atom is -0.394 e. The van der Waals surface area contributed by atoms with Crippen molar-refractivity contribution in [3.63, 3.8) is 0 Å². The van der Waals surface area contributed by atoms with Crippen LogP contribution in [0.2, 0.25) is 0 Å². The molecule has 1 aliphatic heterocycles. The fraction of sp³-hybridized carbons (Fsp3) is 0.467. The second-order valence-electron chi connectivity index (χ2n) is 5.96.